The van der Waals surface area contributed by atoms with Crippen LogP contribution in [-0.2, 0) is 0 Å². The fourth-order valence-corrected chi connectivity index (χ4v) is 2.43. The lowest BCUT2D eigenvalue weighted by Crippen LogP contribution is -2.30. The van der Waals surface area contributed by atoms with Crippen LogP contribution in [0, 0.1) is 0 Å². The van der Waals surface area contributed by atoms with Gasteiger partial charge in [0.15, 0.2) is 5.82 Å². The number of fused-ring (bicyclic) bond motifs is 2. The van der Waals surface area contributed by atoms with Crippen LogP contribution in [0.3, 0.4) is 0 Å². The summed E-state index contributed by atoms with van der Waals surface area (Å²) in [4.78, 5) is 18.3. The summed E-state index contributed by atoms with van der Waals surface area (Å²) in [7, 11) is 0. The van der Waals surface area contributed by atoms with E-state index in [1.54, 1.807) is 6.07 Å². The van der Waals surface area contributed by atoms with Crippen LogP contribution < -0.4 is 10.5 Å². The molecule has 0 unspecified atom stereocenters. The number of hydrogen-bond acceptors (Lipinski definition) is 4. The third kappa shape index (κ3) is 1.32. The summed E-state index contributed by atoms with van der Waals surface area (Å²) in [6.45, 7) is 2.01. The van der Waals surface area contributed by atoms with Gasteiger partial charge in [-0.25, -0.2) is 10.1 Å². The molecule has 2 aliphatic heterocycles. The number of anilines is 1. The van der Waals surface area contributed by atoms with Crippen molar-refractivity contribution in [2.45, 2.75) is 6.92 Å². The molecule has 0 aliphatic carbocycles. The minimum absolute atomic E-state index is 0.187. The number of nitrogens with zero attached hydrogens (tertiary/aromatic N) is 3. The molecule has 0 amide bonds. The quantitative estimate of drug-likeness (QED) is 0.780. The summed E-state index contributed by atoms with van der Waals surface area (Å²) >= 11 is 0. The van der Waals surface area contributed by atoms with E-state index in [0.717, 1.165) is 28.3 Å². The van der Waals surface area contributed by atoms with E-state index in [1.165, 1.54) is 0 Å². The molecule has 0 atom stereocenters. The largest absolute Gasteiger partial charge is 0.284 e. The average molecular weight is 250 g/mol. The molecular formula is C14H10N4O. The molecule has 1 N–H and O–H groups in total. The number of nitrogens with one attached hydrogen (secondary N) is 1. The number of aromatic amines is 1. The molecule has 0 radical (unpaired) electrons. The Hall–Kier alpha value is -2.69. The molecule has 92 valence electrons. The number of allylic oxidation sites excluding steroid dienone is 2. The number of aromatic nitrogens is 2. The molecule has 2 aliphatic rings. The summed E-state index contributed by atoms with van der Waals surface area (Å²) in [5, 5.41) is 8.15. The Kier molecular flexibility index (Phi) is 1.84. The maximum Gasteiger partial charge on any atom is 0.272 e. The van der Waals surface area contributed by atoms with Crippen molar-refractivity contribution < 1.29 is 0 Å². The highest BCUT2D eigenvalue weighted by Gasteiger charge is 2.24. The van der Waals surface area contributed by atoms with Gasteiger partial charge in [-0.3, -0.25) is 9.69 Å². The molecule has 5 nitrogen and oxygen atoms in total. The molecule has 0 spiro atoms. The summed E-state index contributed by atoms with van der Waals surface area (Å²) < 4.78 is 0. The Bertz CT molecular complexity index is 857. The summed E-state index contributed by atoms with van der Waals surface area (Å²) in [5.74, 6) is 1.53. The van der Waals surface area contributed by atoms with Crippen LogP contribution in [0.25, 0.3) is 10.8 Å². The van der Waals surface area contributed by atoms with Crippen molar-refractivity contribution in [3.8, 4) is 0 Å². The maximum absolute atomic E-state index is 11.8. The standard InChI is InChI=1S/C14H10N4O/c1-8-5-6-11-15-10-4-2-3-9-12(10)13(18(11)7-8)16-17-14(9)19/h2-7H,1H3,(H,17,19). The number of rotatable bonds is 0. The Labute approximate surface area is 108 Å². The van der Waals surface area contributed by atoms with Gasteiger partial charge in [-0.2, -0.15) is 5.10 Å². The molecular weight excluding hydrogens is 240 g/mol. The summed E-state index contributed by atoms with van der Waals surface area (Å²) in [6.07, 6.45) is 5.92. The van der Waals surface area contributed by atoms with Gasteiger partial charge in [-0.05, 0) is 30.7 Å². The van der Waals surface area contributed by atoms with Crippen LogP contribution in [0.2, 0.25) is 0 Å². The van der Waals surface area contributed by atoms with Gasteiger partial charge in [-0.1, -0.05) is 12.1 Å². The predicted molar refractivity (Wildman–Crippen MR) is 74.8 cm³/mol. The van der Waals surface area contributed by atoms with Crippen molar-refractivity contribution in [1.29, 1.82) is 0 Å². The van der Waals surface area contributed by atoms with E-state index < -0.39 is 0 Å². The molecule has 1 aromatic carbocycles. The number of hydrogen-bond donors (Lipinski definition) is 1. The monoisotopic (exact) mass is 250 g/mol. The highest BCUT2D eigenvalue weighted by molar-refractivity contribution is 6.18. The van der Waals surface area contributed by atoms with Crippen molar-refractivity contribution >= 4 is 28.1 Å². The lowest BCUT2D eigenvalue weighted by molar-refractivity contribution is 0.989. The molecule has 3 heterocycles. The molecule has 1 aromatic heterocycles. The molecule has 2 aromatic rings. The third-order valence-corrected chi connectivity index (χ3v) is 3.31. The van der Waals surface area contributed by atoms with Crippen molar-refractivity contribution in [1.82, 2.24) is 10.2 Å². The molecule has 4 rings (SSSR count). The van der Waals surface area contributed by atoms with E-state index in [4.69, 9.17) is 0 Å². The average Bonchev–Trinajstić information content (AvgIpc) is 2.42. The first-order chi connectivity index (χ1) is 9.24. The van der Waals surface area contributed by atoms with Gasteiger partial charge in [0.2, 0.25) is 0 Å². The van der Waals surface area contributed by atoms with E-state index in [2.05, 4.69) is 15.2 Å². The van der Waals surface area contributed by atoms with Gasteiger partial charge in [0.1, 0.15) is 5.84 Å². The second-order valence-corrected chi connectivity index (χ2v) is 4.62. The Morgan fingerprint density at radius 1 is 1.26 bits per heavy atom. The molecule has 0 bridgehead atoms. The molecule has 19 heavy (non-hydrogen) atoms. The van der Waals surface area contributed by atoms with E-state index in [1.807, 2.05) is 42.3 Å². The topological polar surface area (TPSA) is 61.4 Å². The molecule has 0 fully saturated rings. The van der Waals surface area contributed by atoms with Gasteiger partial charge >= 0.3 is 0 Å². The van der Waals surface area contributed by atoms with Crippen LogP contribution in [0.4, 0.5) is 11.5 Å². The SMILES string of the molecule is CC1=CN2C(=Nc3cccc4c(=O)[nH]nc2c34)C=C1. The smallest absolute Gasteiger partial charge is 0.272 e. The van der Waals surface area contributed by atoms with Crippen LogP contribution in [0.5, 0.6) is 0 Å². The normalized spacial score (nSPS) is 16.2. The highest BCUT2D eigenvalue weighted by atomic mass is 16.1. The van der Waals surface area contributed by atoms with Crippen molar-refractivity contribution in [3.05, 3.63) is 52.5 Å². The fourth-order valence-electron chi connectivity index (χ4n) is 2.43. The zero-order chi connectivity index (χ0) is 13.0. The highest BCUT2D eigenvalue weighted by Crippen LogP contribution is 2.36. The number of H-pyrrole nitrogens is 1. The zero-order valence-corrected chi connectivity index (χ0v) is 10.2. The zero-order valence-electron chi connectivity index (χ0n) is 10.2. The van der Waals surface area contributed by atoms with Gasteiger partial charge in [0.25, 0.3) is 5.56 Å². The number of amidine groups is 1. The number of benzene rings is 1. The maximum atomic E-state index is 11.8. The first kappa shape index (κ1) is 10.3. The Balaban J connectivity index is 2.16. The van der Waals surface area contributed by atoms with Crippen LogP contribution in [0.15, 0.2) is 51.9 Å². The minimum Gasteiger partial charge on any atom is -0.284 e. The predicted octanol–water partition coefficient (Wildman–Crippen LogP) is 2.25. The molecule has 0 saturated carbocycles. The second kappa shape index (κ2) is 3.41. The van der Waals surface area contributed by atoms with E-state index in [-0.39, 0.29) is 5.56 Å². The van der Waals surface area contributed by atoms with E-state index in [9.17, 15) is 4.79 Å². The lowest BCUT2D eigenvalue weighted by atomic mass is 10.1. The van der Waals surface area contributed by atoms with Crippen LogP contribution in [0.1, 0.15) is 6.92 Å². The van der Waals surface area contributed by atoms with Crippen molar-refractivity contribution in [2.75, 3.05) is 4.90 Å². The fraction of sp³-hybridized carbons (Fsp3) is 0.0714. The minimum atomic E-state index is -0.187. The Morgan fingerprint density at radius 3 is 3.05 bits per heavy atom. The van der Waals surface area contributed by atoms with Crippen molar-refractivity contribution in [3.63, 3.8) is 0 Å². The van der Waals surface area contributed by atoms with Gasteiger partial charge in [0.05, 0.1) is 16.5 Å². The molecule has 5 heteroatoms. The summed E-state index contributed by atoms with van der Waals surface area (Å²) in [5.41, 5.74) is 1.71. The van der Waals surface area contributed by atoms with Gasteiger partial charge in [-0.15, -0.1) is 0 Å². The van der Waals surface area contributed by atoms with Gasteiger partial charge in [0, 0.05) is 6.20 Å². The van der Waals surface area contributed by atoms with Crippen LogP contribution in [-0.4, -0.2) is 16.0 Å². The number of aliphatic imine (C=N–C) groups is 1. The second-order valence-electron chi connectivity index (χ2n) is 4.62. The Morgan fingerprint density at radius 2 is 2.16 bits per heavy atom. The first-order valence-corrected chi connectivity index (χ1v) is 6.00. The van der Waals surface area contributed by atoms with Crippen molar-refractivity contribution in [2.24, 2.45) is 4.99 Å². The van der Waals surface area contributed by atoms with Crippen LogP contribution >= 0.6 is 0 Å². The van der Waals surface area contributed by atoms with Gasteiger partial charge < -0.3 is 0 Å². The third-order valence-electron chi connectivity index (χ3n) is 3.31. The van der Waals surface area contributed by atoms with E-state index >= 15 is 0 Å². The summed E-state index contributed by atoms with van der Waals surface area (Å²) in [6, 6.07) is 5.53. The molecule has 0 saturated heterocycles. The lowest BCUT2D eigenvalue weighted by Gasteiger charge is -2.27. The van der Waals surface area contributed by atoms with E-state index in [0.29, 0.717) is 5.39 Å². The first-order valence-electron chi connectivity index (χ1n) is 6.00.